The van der Waals surface area contributed by atoms with Gasteiger partial charge < -0.3 is 9.64 Å². The fourth-order valence-electron chi connectivity index (χ4n) is 1.12. The van der Waals surface area contributed by atoms with Gasteiger partial charge >= 0.3 is 6.09 Å². The van der Waals surface area contributed by atoms with Gasteiger partial charge in [0.1, 0.15) is 0 Å². The third kappa shape index (κ3) is 2.02. The smallest absolute Gasteiger partial charge is 0.409 e. The number of ether oxygens (including phenoxy) is 1. The minimum absolute atomic E-state index is 0.196. The predicted molar refractivity (Wildman–Crippen MR) is 45.9 cm³/mol. The molecule has 1 atom stereocenters. The molecule has 0 aromatic rings. The quantitative estimate of drug-likeness (QED) is 0.554. The largest absolute Gasteiger partial charge is 0.453 e. The molecular weight excluding hydrogens is 162 g/mol. The highest BCUT2D eigenvalue weighted by Gasteiger charge is 2.23. The number of thioether (sulfide) groups is 1. The monoisotopic (exact) mass is 175 g/mol. The van der Waals surface area contributed by atoms with Crippen LogP contribution in [0.25, 0.3) is 0 Å². The maximum Gasteiger partial charge on any atom is 0.409 e. The highest BCUT2D eigenvalue weighted by molar-refractivity contribution is 7.99. The van der Waals surface area contributed by atoms with Crippen LogP contribution in [0.2, 0.25) is 0 Å². The molecule has 0 spiro atoms. The molecule has 0 N–H and O–H groups in total. The second kappa shape index (κ2) is 3.85. The van der Waals surface area contributed by atoms with Gasteiger partial charge in [0, 0.05) is 24.1 Å². The van der Waals surface area contributed by atoms with Crippen LogP contribution in [-0.2, 0) is 4.74 Å². The first kappa shape index (κ1) is 8.71. The molecule has 0 radical (unpaired) electrons. The van der Waals surface area contributed by atoms with Crippen LogP contribution in [0.4, 0.5) is 4.79 Å². The Morgan fingerprint density at radius 3 is 3.00 bits per heavy atom. The number of carbonyl (C=O) groups is 1. The van der Waals surface area contributed by atoms with Gasteiger partial charge in [-0.15, -0.1) is 0 Å². The lowest BCUT2D eigenvalue weighted by molar-refractivity contribution is 0.114. The summed E-state index contributed by atoms with van der Waals surface area (Å²) in [5, 5.41) is 0. The first-order valence-corrected chi connectivity index (χ1v) is 4.83. The molecule has 1 aliphatic heterocycles. The number of rotatable bonds is 0. The van der Waals surface area contributed by atoms with E-state index in [0.29, 0.717) is 6.04 Å². The Morgan fingerprint density at radius 1 is 1.73 bits per heavy atom. The normalized spacial score (nSPS) is 24.9. The maximum atomic E-state index is 11.1. The fraction of sp³-hybridized carbons (Fsp3) is 0.857. The second-order valence-corrected chi connectivity index (χ2v) is 3.74. The molecule has 0 saturated carbocycles. The van der Waals surface area contributed by atoms with Gasteiger partial charge in [0.2, 0.25) is 0 Å². The third-order valence-electron chi connectivity index (χ3n) is 1.78. The standard InChI is InChI=1S/C7H13NO2S/c1-6-5-11-4-3-8(6)7(9)10-2/h6H,3-5H2,1-2H3. The molecule has 64 valence electrons. The van der Waals surface area contributed by atoms with Crippen molar-refractivity contribution in [1.82, 2.24) is 4.90 Å². The van der Waals surface area contributed by atoms with E-state index in [-0.39, 0.29) is 6.09 Å². The number of carbonyl (C=O) groups excluding carboxylic acids is 1. The van der Waals surface area contributed by atoms with Crippen LogP contribution in [0, 0.1) is 0 Å². The molecule has 0 aromatic carbocycles. The van der Waals surface area contributed by atoms with Crippen LogP contribution >= 0.6 is 11.8 Å². The molecule has 1 fully saturated rings. The summed E-state index contributed by atoms with van der Waals surface area (Å²) >= 11 is 1.89. The minimum atomic E-state index is -0.196. The van der Waals surface area contributed by atoms with Crippen LogP contribution in [-0.4, -0.2) is 42.2 Å². The number of nitrogens with zero attached hydrogens (tertiary/aromatic N) is 1. The van der Waals surface area contributed by atoms with Gasteiger partial charge in [-0.3, -0.25) is 0 Å². The lowest BCUT2D eigenvalue weighted by Crippen LogP contribution is -2.44. The van der Waals surface area contributed by atoms with Crippen molar-refractivity contribution in [1.29, 1.82) is 0 Å². The predicted octanol–water partition coefficient (Wildman–Crippen LogP) is 1.19. The Kier molecular flexibility index (Phi) is 3.05. The molecule has 11 heavy (non-hydrogen) atoms. The van der Waals surface area contributed by atoms with E-state index in [4.69, 9.17) is 0 Å². The van der Waals surface area contributed by atoms with E-state index >= 15 is 0 Å². The first-order valence-electron chi connectivity index (χ1n) is 3.68. The summed E-state index contributed by atoms with van der Waals surface area (Å²) in [6.07, 6.45) is -0.196. The van der Waals surface area contributed by atoms with E-state index in [1.165, 1.54) is 7.11 Å². The molecule has 1 heterocycles. The van der Waals surface area contributed by atoms with Gasteiger partial charge in [0.25, 0.3) is 0 Å². The Bertz CT molecular complexity index is 151. The first-order chi connectivity index (χ1) is 5.25. The van der Waals surface area contributed by atoms with Crippen LogP contribution in [0.1, 0.15) is 6.92 Å². The average molecular weight is 175 g/mol. The van der Waals surface area contributed by atoms with Crippen LogP contribution < -0.4 is 0 Å². The van der Waals surface area contributed by atoms with Gasteiger partial charge in [-0.05, 0) is 6.92 Å². The zero-order chi connectivity index (χ0) is 8.27. The summed E-state index contributed by atoms with van der Waals surface area (Å²) < 4.78 is 4.64. The van der Waals surface area contributed by atoms with Crippen molar-refractivity contribution in [2.45, 2.75) is 13.0 Å². The van der Waals surface area contributed by atoms with E-state index in [2.05, 4.69) is 4.74 Å². The number of hydrogen-bond donors (Lipinski definition) is 0. The summed E-state index contributed by atoms with van der Waals surface area (Å²) in [7, 11) is 1.43. The van der Waals surface area contributed by atoms with Crippen molar-refractivity contribution >= 4 is 17.9 Å². The average Bonchev–Trinajstić information content (AvgIpc) is 2.04. The summed E-state index contributed by atoms with van der Waals surface area (Å²) in [6, 6.07) is 0.321. The van der Waals surface area contributed by atoms with Crippen molar-refractivity contribution in [3.05, 3.63) is 0 Å². The molecule has 1 rings (SSSR count). The fourth-order valence-corrected chi connectivity index (χ4v) is 2.13. The molecule has 0 bridgehead atoms. The van der Waals surface area contributed by atoms with Crippen molar-refractivity contribution in [2.75, 3.05) is 25.2 Å². The van der Waals surface area contributed by atoms with Crippen molar-refractivity contribution in [2.24, 2.45) is 0 Å². The molecule has 3 nitrogen and oxygen atoms in total. The van der Waals surface area contributed by atoms with Gasteiger partial charge in [-0.2, -0.15) is 11.8 Å². The molecule has 0 aromatic heterocycles. The SMILES string of the molecule is COC(=O)N1CCSCC1C. The topological polar surface area (TPSA) is 29.5 Å². The van der Waals surface area contributed by atoms with Crippen LogP contribution in [0.3, 0.4) is 0 Å². The summed E-state index contributed by atoms with van der Waals surface area (Å²) in [4.78, 5) is 12.8. The molecule has 1 unspecified atom stereocenters. The zero-order valence-corrected chi connectivity index (χ0v) is 7.69. The lowest BCUT2D eigenvalue weighted by atomic mass is 10.3. The Morgan fingerprint density at radius 2 is 2.45 bits per heavy atom. The van der Waals surface area contributed by atoms with Gasteiger partial charge in [0.15, 0.2) is 0 Å². The Balaban J connectivity index is 2.47. The molecular formula is C7H13NO2S. The van der Waals surface area contributed by atoms with Crippen LogP contribution in [0.15, 0.2) is 0 Å². The summed E-state index contributed by atoms with van der Waals surface area (Å²) in [5.74, 6) is 2.05. The molecule has 4 heteroatoms. The van der Waals surface area contributed by atoms with Crippen molar-refractivity contribution in [3.63, 3.8) is 0 Å². The van der Waals surface area contributed by atoms with Gasteiger partial charge in [-0.1, -0.05) is 0 Å². The maximum absolute atomic E-state index is 11.1. The van der Waals surface area contributed by atoms with Gasteiger partial charge in [0.05, 0.1) is 7.11 Å². The van der Waals surface area contributed by atoms with Gasteiger partial charge in [-0.25, -0.2) is 4.79 Å². The number of hydrogen-bond acceptors (Lipinski definition) is 3. The van der Waals surface area contributed by atoms with E-state index in [1.54, 1.807) is 4.90 Å². The second-order valence-electron chi connectivity index (χ2n) is 2.59. The number of methoxy groups -OCH3 is 1. The number of amides is 1. The van der Waals surface area contributed by atoms with E-state index in [1.807, 2.05) is 18.7 Å². The van der Waals surface area contributed by atoms with Crippen LogP contribution in [0.5, 0.6) is 0 Å². The third-order valence-corrected chi connectivity index (χ3v) is 2.97. The molecule has 1 aliphatic rings. The van der Waals surface area contributed by atoms with E-state index in [0.717, 1.165) is 18.1 Å². The Labute approximate surface area is 71.1 Å². The highest BCUT2D eigenvalue weighted by Crippen LogP contribution is 2.16. The lowest BCUT2D eigenvalue weighted by Gasteiger charge is -2.31. The minimum Gasteiger partial charge on any atom is -0.453 e. The molecule has 1 amide bonds. The van der Waals surface area contributed by atoms with Crippen molar-refractivity contribution in [3.8, 4) is 0 Å². The highest BCUT2D eigenvalue weighted by atomic mass is 32.2. The zero-order valence-electron chi connectivity index (χ0n) is 6.87. The molecule has 0 aliphatic carbocycles. The van der Waals surface area contributed by atoms with E-state index < -0.39 is 0 Å². The Hall–Kier alpha value is -0.380. The molecule has 1 saturated heterocycles. The summed E-state index contributed by atoms with van der Waals surface area (Å²) in [5.41, 5.74) is 0. The summed E-state index contributed by atoms with van der Waals surface area (Å²) in [6.45, 7) is 2.86. The van der Waals surface area contributed by atoms with Crippen molar-refractivity contribution < 1.29 is 9.53 Å². The van der Waals surface area contributed by atoms with E-state index in [9.17, 15) is 4.79 Å².